The fourth-order valence-corrected chi connectivity index (χ4v) is 1.51. The molecule has 1 aromatic carbocycles. The van der Waals surface area contributed by atoms with Crippen molar-refractivity contribution in [2.75, 3.05) is 0 Å². The van der Waals surface area contributed by atoms with E-state index in [0.29, 0.717) is 5.75 Å². The number of phenols is 1. The van der Waals surface area contributed by atoms with Crippen molar-refractivity contribution in [1.29, 1.82) is 0 Å². The topological polar surface area (TPSA) is 33.1 Å². The number of nitrogens with zero attached hydrogens (tertiary/aromatic N) is 1. The summed E-state index contributed by atoms with van der Waals surface area (Å²) in [7, 11) is 0. The average Bonchev–Trinajstić information content (AvgIpc) is 2.23. The third-order valence-corrected chi connectivity index (χ3v) is 2.56. The monoisotopic (exact) mass is 199 g/mol. The molecule has 76 valence electrons. The second-order valence-electron chi connectivity index (χ2n) is 3.64. The molecule has 0 amide bonds. The molecule has 0 radical (unpaired) electrons. The van der Waals surface area contributed by atoms with Crippen molar-refractivity contribution in [1.82, 2.24) is 4.98 Å². The minimum absolute atomic E-state index is 0.294. The lowest BCUT2D eigenvalue weighted by atomic mass is 10.0. The Morgan fingerprint density at radius 3 is 2.53 bits per heavy atom. The van der Waals surface area contributed by atoms with Crippen LogP contribution in [0.4, 0.5) is 0 Å². The van der Waals surface area contributed by atoms with Crippen molar-refractivity contribution in [3.63, 3.8) is 0 Å². The SMILES string of the molecule is Cc1cc(-c2ccccc2O)cnc1C. The summed E-state index contributed by atoms with van der Waals surface area (Å²) in [4.78, 5) is 4.29. The van der Waals surface area contributed by atoms with E-state index < -0.39 is 0 Å². The van der Waals surface area contributed by atoms with Gasteiger partial charge in [0.2, 0.25) is 0 Å². The predicted molar refractivity (Wildman–Crippen MR) is 60.8 cm³/mol. The van der Waals surface area contributed by atoms with E-state index in [0.717, 1.165) is 22.4 Å². The van der Waals surface area contributed by atoms with Crippen LogP contribution in [0.2, 0.25) is 0 Å². The van der Waals surface area contributed by atoms with Crippen LogP contribution in [0.25, 0.3) is 11.1 Å². The molecule has 0 aliphatic rings. The highest BCUT2D eigenvalue weighted by Gasteiger charge is 2.04. The zero-order valence-corrected chi connectivity index (χ0v) is 8.86. The summed E-state index contributed by atoms with van der Waals surface area (Å²) in [5.74, 6) is 0.294. The van der Waals surface area contributed by atoms with Crippen LogP contribution in [0, 0.1) is 13.8 Å². The Labute approximate surface area is 89.2 Å². The second-order valence-corrected chi connectivity index (χ2v) is 3.64. The van der Waals surface area contributed by atoms with Crippen molar-refractivity contribution in [2.45, 2.75) is 13.8 Å². The molecular formula is C13H13NO. The molecule has 2 nitrogen and oxygen atoms in total. The molecule has 2 heteroatoms. The first-order chi connectivity index (χ1) is 7.18. The van der Waals surface area contributed by atoms with E-state index in [9.17, 15) is 5.11 Å². The summed E-state index contributed by atoms with van der Waals surface area (Å²) in [6, 6.07) is 9.33. The lowest BCUT2D eigenvalue weighted by Crippen LogP contribution is -1.88. The van der Waals surface area contributed by atoms with Gasteiger partial charge in [0.15, 0.2) is 0 Å². The number of para-hydroxylation sites is 1. The average molecular weight is 199 g/mol. The molecule has 0 atom stereocenters. The predicted octanol–water partition coefficient (Wildman–Crippen LogP) is 3.07. The Bertz CT molecular complexity index is 492. The van der Waals surface area contributed by atoms with Crippen molar-refractivity contribution >= 4 is 0 Å². The molecule has 0 saturated heterocycles. The number of hydrogen-bond donors (Lipinski definition) is 1. The van der Waals surface area contributed by atoms with Crippen molar-refractivity contribution in [3.8, 4) is 16.9 Å². The number of hydrogen-bond acceptors (Lipinski definition) is 2. The van der Waals surface area contributed by atoms with Crippen LogP contribution < -0.4 is 0 Å². The largest absolute Gasteiger partial charge is 0.507 e. The molecule has 2 aromatic rings. The third kappa shape index (κ3) is 1.84. The van der Waals surface area contributed by atoms with Gasteiger partial charge in [-0.05, 0) is 31.5 Å². The minimum atomic E-state index is 0.294. The van der Waals surface area contributed by atoms with Crippen LogP contribution in [-0.2, 0) is 0 Å². The van der Waals surface area contributed by atoms with Crippen LogP contribution in [-0.4, -0.2) is 10.1 Å². The van der Waals surface area contributed by atoms with E-state index in [1.54, 1.807) is 12.3 Å². The smallest absolute Gasteiger partial charge is 0.123 e. The number of pyridine rings is 1. The van der Waals surface area contributed by atoms with Crippen LogP contribution in [0.15, 0.2) is 36.5 Å². The molecule has 0 aliphatic heterocycles. The van der Waals surface area contributed by atoms with Gasteiger partial charge < -0.3 is 5.11 Å². The van der Waals surface area contributed by atoms with Gasteiger partial charge in [-0.1, -0.05) is 18.2 Å². The van der Waals surface area contributed by atoms with Gasteiger partial charge >= 0.3 is 0 Å². The Balaban J connectivity index is 2.55. The molecule has 1 heterocycles. The molecule has 0 unspecified atom stereocenters. The number of rotatable bonds is 1. The Morgan fingerprint density at radius 2 is 1.87 bits per heavy atom. The summed E-state index contributed by atoms with van der Waals surface area (Å²) < 4.78 is 0. The summed E-state index contributed by atoms with van der Waals surface area (Å²) in [6.07, 6.45) is 1.79. The number of aryl methyl sites for hydroxylation is 2. The molecule has 15 heavy (non-hydrogen) atoms. The van der Waals surface area contributed by atoms with Gasteiger partial charge in [0.05, 0.1) is 0 Å². The van der Waals surface area contributed by atoms with E-state index in [-0.39, 0.29) is 0 Å². The van der Waals surface area contributed by atoms with Crippen molar-refractivity contribution in [3.05, 3.63) is 47.8 Å². The molecule has 1 aromatic heterocycles. The summed E-state index contributed by atoms with van der Waals surface area (Å²) in [6.45, 7) is 4.00. The summed E-state index contributed by atoms with van der Waals surface area (Å²) >= 11 is 0. The lowest BCUT2D eigenvalue weighted by molar-refractivity contribution is 0.477. The van der Waals surface area contributed by atoms with Gasteiger partial charge in [-0.3, -0.25) is 4.98 Å². The first-order valence-corrected chi connectivity index (χ1v) is 4.90. The van der Waals surface area contributed by atoms with Gasteiger partial charge in [-0.15, -0.1) is 0 Å². The van der Waals surface area contributed by atoms with Crippen LogP contribution in [0.5, 0.6) is 5.75 Å². The standard InChI is InChI=1S/C13H13NO/c1-9-7-11(8-14-10(9)2)12-5-3-4-6-13(12)15/h3-8,15H,1-2H3. The van der Waals surface area contributed by atoms with Gasteiger partial charge in [0.25, 0.3) is 0 Å². The maximum absolute atomic E-state index is 9.70. The van der Waals surface area contributed by atoms with Crippen LogP contribution in [0.1, 0.15) is 11.3 Å². The summed E-state index contributed by atoms with van der Waals surface area (Å²) in [5.41, 5.74) is 3.94. The van der Waals surface area contributed by atoms with Crippen LogP contribution >= 0.6 is 0 Å². The van der Waals surface area contributed by atoms with Crippen LogP contribution in [0.3, 0.4) is 0 Å². The van der Waals surface area contributed by atoms with Gasteiger partial charge in [-0.2, -0.15) is 0 Å². The zero-order valence-electron chi connectivity index (χ0n) is 8.86. The molecule has 0 spiro atoms. The van der Waals surface area contributed by atoms with E-state index in [1.807, 2.05) is 38.1 Å². The van der Waals surface area contributed by atoms with E-state index >= 15 is 0 Å². The fraction of sp³-hybridized carbons (Fsp3) is 0.154. The molecule has 0 aliphatic carbocycles. The molecular weight excluding hydrogens is 186 g/mol. The fourth-order valence-electron chi connectivity index (χ4n) is 1.51. The second kappa shape index (κ2) is 3.73. The van der Waals surface area contributed by atoms with E-state index in [2.05, 4.69) is 4.98 Å². The first-order valence-electron chi connectivity index (χ1n) is 4.90. The zero-order chi connectivity index (χ0) is 10.8. The highest BCUT2D eigenvalue weighted by Crippen LogP contribution is 2.28. The highest BCUT2D eigenvalue weighted by atomic mass is 16.3. The van der Waals surface area contributed by atoms with Gasteiger partial charge in [0, 0.05) is 23.0 Å². The van der Waals surface area contributed by atoms with Gasteiger partial charge in [0.1, 0.15) is 5.75 Å². The van der Waals surface area contributed by atoms with Crippen molar-refractivity contribution in [2.24, 2.45) is 0 Å². The Kier molecular flexibility index (Phi) is 2.42. The molecule has 0 saturated carbocycles. The summed E-state index contributed by atoms with van der Waals surface area (Å²) in [5, 5.41) is 9.70. The number of phenolic OH excluding ortho intramolecular Hbond substituents is 1. The van der Waals surface area contributed by atoms with E-state index in [1.165, 1.54) is 0 Å². The quantitative estimate of drug-likeness (QED) is 0.765. The molecule has 2 rings (SSSR count). The highest BCUT2D eigenvalue weighted by molar-refractivity contribution is 5.69. The maximum atomic E-state index is 9.70. The van der Waals surface area contributed by atoms with Gasteiger partial charge in [-0.25, -0.2) is 0 Å². The number of aromatic hydroxyl groups is 1. The Morgan fingerprint density at radius 1 is 1.13 bits per heavy atom. The Hall–Kier alpha value is -1.83. The third-order valence-electron chi connectivity index (χ3n) is 2.56. The molecule has 0 bridgehead atoms. The normalized spacial score (nSPS) is 10.3. The minimum Gasteiger partial charge on any atom is -0.507 e. The number of benzene rings is 1. The molecule has 1 N–H and O–H groups in total. The molecule has 0 fully saturated rings. The lowest BCUT2D eigenvalue weighted by Gasteiger charge is -2.06. The first kappa shape index (κ1) is 9.71. The number of aromatic nitrogens is 1. The van der Waals surface area contributed by atoms with E-state index in [4.69, 9.17) is 0 Å². The van der Waals surface area contributed by atoms with Crippen molar-refractivity contribution < 1.29 is 5.11 Å². The maximum Gasteiger partial charge on any atom is 0.123 e.